The van der Waals surface area contributed by atoms with Crippen molar-refractivity contribution in [1.82, 2.24) is 19.6 Å². The molecule has 4 heterocycles. The fourth-order valence-electron chi connectivity index (χ4n) is 21.0. The van der Waals surface area contributed by atoms with Gasteiger partial charge in [0.05, 0.1) is 54.2 Å². The summed E-state index contributed by atoms with van der Waals surface area (Å²) in [6, 6.07) is 0. The van der Waals surface area contributed by atoms with E-state index in [4.69, 9.17) is 14.9 Å². The van der Waals surface area contributed by atoms with Crippen LogP contribution in [0.2, 0.25) is 0 Å². The third-order valence-electron chi connectivity index (χ3n) is 34.9. The minimum atomic E-state index is -0.600. The lowest BCUT2D eigenvalue weighted by atomic mass is 9.64. The molecule has 0 bridgehead atoms. The Morgan fingerprint density at radius 1 is 0.319 bits per heavy atom. The summed E-state index contributed by atoms with van der Waals surface area (Å²) in [5.74, 6) is 17.3. The maximum atomic E-state index is 12.7. The van der Waals surface area contributed by atoms with E-state index in [1.54, 1.807) is 0 Å². The summed E-state index contributed by atoms with van der Waals surface area (Å²) in [5, 5.41) is 74.2. The van der Waals surface area contributed by atoms with Gasteiger partial charge in [0.25, 0.3) is 0 Å². The van der Waals surface area contributed by atoms with Gasteiger partial charge in [-0.25, -0.2) is 4.39 Å². The molecule has 9 unspecified atom stereocenters. The van der Waals surface area contributed by atoms with Crippen LogP contribution in [-0.2, 0) is 9.53 Å². The molecule has 808 valence electrons. The molecule has 0 amide bonds. The molecule has 4 saturated heterocycles. The summed E-state index contributed by atoms with van der Waals surface area (Å²) in [6.07, 6.45) is 49.2. The summed E-state index contributed by atoms with van der Waals surface area (Å²) < 4.78 is 18.0. The summed E-state index contributed by atoms with van der Waals surface area (Å²) in [5.41, 5.74) is 1.12. The third kappa shape index (κ3) is 63.2. The Morgan fingerprint density at radius 3 is 0.904 bits per heavy atom. The average molecular weight is 1920 g/mol. The molecule has 14 nitrogen and oxygen atoms in total. The number of aliphatic hydroxyl groups excluding tert-OH is 6. The first kappa shape index (κ1) is 132. The number of rotatable bonds is 24. The van der Waals surface area contributed by atoms with Crippen LogP contribution in [-0.4, -0.2) is 207 Å². The molecule has 0 spiro atoms. The van der Waals surface area contributed by atoms with Crippen molar-refractivity contribution in [3.8, 4) is 0 Å². The quantitative estimate of drug-likeness (QED) is 0.0454. The molecule has 0 radical (unpaired) electrons. The van der Waals surface area contributed by atoms with Gasteiger partial charge in [0.1, 0.15) is 6.17 Å². The number of aliphatic hydroxyl groups is 7. The maximum absolute atomic E-state index is 12.7. The van der Waals surface area contributed by atoms with Crippen molar-refractivity contribution in [3.05, 3.63) is 0 Å². The fourth-order valence-corrected chi connectivity index (χ4v) is 21.0. The van der Waals surface area contributed by atoms with Gasteiger partial charge in [0.15, 0.2) is 0 Å². The minimum absolute atomic E-state index is 0.00463. The van der Waals surface area contributed by atoms with Crippen molar-refractivity contribution in [2.45, 2.75) is 532 Å². The van der Waals surface area contributed by atoms with Crippen molar-refractivity contribution in [2.75, 3.05) is 85.6 Å². The zero-order valence-corrected chi connectivity index (χ0v) is 95.9. The largest absolute Gasteiger partial charge is 0.481 e. The van der Waals surface area contributed by atoms with E-state index in [1.807, 2.05) is 14.0 Å². The molecule has 135 heavy (non-hydrogen) atoms. The Kier molecular flexibility index (Phi) is 70.6. The highest BCUT2D eigenvalue weighted by Crippen LogP contribution is 2.51. The van der Waals surface area contributed by atoms with Crippen molar-refractivity contribution in [3.63, 3.8) is 0 Å². The molecule has 0 aromatic rings. The van der Waals surface area contributed by atoms with Crippen LogP contribution in [0.25, 0.3) is 0 Å². The summed E-state index contributed by atoms with van der Waals surface area (Å²) in [7, 11) is 1.82. The maximum Gasteiger partial charge on any atom is 0.306 e. The molecule has 14 fully saturated rings. The number of halogens is 1. The van der Waals surface area contributed by atoms with Crippen molar-refractivity contribution in [2.24, 2.45) is 147 Å². The van der Waals surface area contributed by atoms with Crippen molar-refractivity contribution < 1.29 is 54.8 Å². The first-order chi connectivity index (χ1) is 63.1. The van der Waals surface area contributed by atoms with Crippen LogP contribution in [0.3, 0.4) is 0 Å². The summed E-state index contributed by atoms with van der Waals surface area (Å²) in [6.45, 7) is 83.0. The molecule has 8 N–H and O–H groups in total. The molecule has 9 atom stereocenters. The van der Waals surface area contributed by atoms with Gasteiger partial charge in [-0.05, 0) is 392 Å². The minimum Gasteiger partial charge on any atom is -0.481 e. The van der Waals surface area contributed by atoms with Crippen LogP contribution in [0.4, 0.5) is 4.39 Å². The van der Waals surface area contributed by atoms with Gasteiger partial charge in [-0.15, -0.1) is 0 Å². The molecular formula is C120H241FN4O10. The standard InChI is InChI=1S/2C10H21NO.C10H18O2.C10H20O.C9H18FN.C9H19NO.2C9H18O.2C8H16O.C8H16.2C7H14.C6H12/c1-9(2)4-6-11-7-5-10(8-11)12-3;1-9(2)3-6-11-7-4-10(12)5-8-11;1-7(2)8-3-5-9(6-4-8)10(11)12;1-8(2)9-4-6-10(3,11)7-5-9;1-8(2)3-5-11-6-4-9(10)7-11;1-8(2)3-5-10-6-4-9(11)7-10;1-7(2)8-3-5-9(10)6-4-8;1-7(2)8-5-3-4-6-9(8)10;1-6(2)7-3-4-8(9)5-7;1-6(2)7-4-3-5-8(7)9;1-7(2)8(3)5-4-6-8;1-6(2)7(3)4-5-7;1-6(2)7-4-3-5-7;1-5(2)6-3-4-6/h9-10H,4-8H2,1-3H3;9-10,12H,3-8H2,1-2H3;7-9H,3-6H2,1-2H3,(H,11,12);8-9,11H,4-7H2,1-3H3;8-9H,3-7H2,1-2H3;8-9,11H,3-7H2,1-2H3;2*7-10H,3-6H2,1-2H3;2*6-9H,3-5H2,1-2H3;7H,4-6H2,1-3H3;6H,4-5H2,1-3H3;6-7H,3-5H2,1-2H3;5-6H,3-4H2,1-2H3. The second kappa shape index (κ2) is 72.3. The zero-order valence-electron chi connectivity index (χ0n) is 95.9. The van der Waals surface area contributed by atoms with Crippen molar-refractivity contribution >= 4 is 5.97 Å². The number of hydrogen-bond acceptors (Lipinski definition) is 13. The lowest BCUT2D eigenvalue weighted by Gasteiger charge is -2.42. The van der Waals surface area contributed by atoms with Gasteiger partial charge in [-0.2, -0.15) is 0 Å². The lowest BCUT2D eigenvalue weighted by Crippen LogP contribution is -2.36. The van der Waals surface area contributed by atoms with Crippen LogP contribution >= 0.6 is 0 Å². The van der Waals surface area contributed by atoms with E-state index < -0.39 is 12.1 Å². The zero-order chi connectivity index (χ0) is 102. The normalized spacial score (nSPS) is 29.5. The first-order valence-electron chi connectivity index (χ1n) is 58.2. The first-order valence-corrected chi connectivity index (χ1v) is 58.2. The van der Waals surface area contributed by atoms with Crippen LogP contribution in [0.1, 0.15) is 478 Å². The molecule has 0 aromatic heterocycles. The predicted molar refractivity (Wildman–Crippen MR) is 580 cm³/mol. The highest BCUT2D eigenvalue weighted by atomic mass is 19.1. The highest BCUT2D eigenvalue weighted by molar-refractivity contribution is 5.70. The number of carbonyl (C=O) groups is 1. The number of β-amino-alcohol motifs (C(OH)–C–C–N with tert-alkyl or cyclic N) is 1. The van der Waals surface area contributed by atoms with Crippen LogP contribution in [0, 0.1) is 147 Å². The van der Waals surface area contributed by atoms with Gasteiger partial charge in [-0.3, -0.25) is 4.79 Å². The number of hydrogen-bond donors (Lipinski definition) is 8. The molecule has 15 heteroatoms. The van der Waals surface area contributed by atoms with Gasteiger partial charge in [-0.1, -0.05) is 253 Å². The Bertz CT molecular complexity index is 2710. The van der Waals surface area contributed by atoms with E-state index in [-0.39, 0.29) is 48.1 Å². The van der Waals surface area contributed by atoms with E-state index in [0.717, 1.165) is 272 Å². The predicted octanol–water partition coefficient (Wildman–Crippen LogP) is 29.3. The number of carboxylic acids is 1. The summed E-state index contributed by atoms with van der Waals surface area (Å²) in [4.78, 5) is 20.2. The van der Waals surface area contributed by atoms with Gasteiger partial charge < -0.3 is 65.2 Å². The van der Waals surface area contributed by atoms with E-state index in [1.165, 1.54) is 180 Å². The number of carboxylic acid groups (broad SMARTS) is 1. The fraction of sp³-hybridized carbons (Fsp3) is 0.992. The molecule has 14 aliphatic rings. The number of piperidine rings is 1. The second-order valence-corrected chi connectivity index (χ2v) is 51.9. The average Bonchev–Trinajstić information content (AvgIpc) is 1.55. The second-order valence-electron chi connectivity index (χ2n) is 51.9. The Balaban J connectivity index is 0.000000729. The molecule has 4 aliphatic heterocycles. The van der Waals surface area contributed by atoms with E-state index in [9.17, 15) is 39.8 Å². The van der Waals surface area contributed by atoms with Crippen molar-refractivity contribution in [1.29, 1.82) is 0 Å². The molecule has 0 aromatic carbocycles. The number of likely N-dealkylation sites (tertiary alicyclic amines) is 4. The smallest absolute Gasteiger partial charge is 0.306 e. The molecule has 14 rings (SSSR count). The van der Waals surface area contributed by atoms with E-state index in [0.29, 0.717) is 36.3 Å². The molecule has 10 aliphatic carbocycles. The van der Waals surface area contributed by atoms with Crippen LogP contribution in [0.5, 0.6) is 0 Å². The SMILES string of the molecule is CC(C)C1(C)CC1.CC(C)C1(C)CCC1.CC(C)C1CC1.CC(C)C1CCC(C(=O)O)CC1.CC(C)C1CCC(C)(O)CC1.CC(C)C1CCC(O)C1.CC(C)C1CCC(O)CC1.CC(C)C1CCC1.CC(C)C1CCCC1O.CC(C)C1CCCCC1O.CC(C)CCN1CCC(F)C1.CC(C)CCN1CCC(O)C1.CC(C)CCN1CCC(O)CC1.COC1CCN(CCC(C)C)C1. The monoisotopic (exact) mass is 1920 g/mol. The highest BCUT2D eigenvalue weighted by Gasteiger charge is 2.40. The Hall–Kier alpha value is -1.08. The van der Waals surface area contributed by atoms with Gasteiger partial charge in [0.2, 0.25) is 0 Å². The number of nitrogens with zero attached hydrogens (tertiary/aromatic N) is 4. The van der Waals surface area contributed by atoms with E-state index in [2.05, 4.69) is 227 Å². The number of aliphatic carboxylic acids is 1. The Morgan fingerprint density at radius 2 is 0.637 bits per heavy atom. The number of ether oxygens (including phenoxy) is 1. The van der Waals surface area contributed by atoms with E-state index >= 15 is 0 Å². The third-order valence-corrected chi connectivity index (χ3v) is 34.9. The van der Waals surface area contributed by atoms with Gasteiger partial charge >= 0.3 is 5.97 Å². The topological polar surface area (TPSA) is 201 Å². The van der Waals surface area contributed by atoms with Crippen LogP contribution in [0.15, 0.2) is 0 Å². The van der Waals surface area contributed by atoms with Crippen LogP contribution < -0.4 is 0 Å². The Labute approximate surface area is 840 Å². The van der Waals surface area contributed by atoms with Gasteiger partial charge in [0, 0.05) is 59.5 Å². The number of methoxy groups -OCH3 is 1. The summed E-state index contributed by atoms with van der Waals surface area (Å²) >= 11 is 0. The number of alkyl halides is 1. The molecular weight excluding hydrogens is 1680 g/mol. The molecule has 10 saturated carbocycles. The lowest BCUT2D eigenvalue weighted by molar-refractivity contribution is -0.143.